The van der Waals surface area contributed by atoms with Gasteiger partial charge in [0, 0.05) is 18.6 Å². The molecule has 4 nitrogen and oxygen atoms in total. The summed E-state index contributed by atoms with van der Waals surface area (Å²) in [5.74, 6) is -0.0318. The third kappa shape index (κ3) is 4.05. The maximum Gasteiger partial charge on any atom is 0.237 e. The molecule has 4 heteroatoms. The fourth-order valence-corrected chi connectivity index (χ4v) is 2.69. The van der Waals surface area contributed by atoms with Gasteiger partial charge in [-0.15, -0.1) is 0 Å². The van der Waals surface area contributed by atoms with Gasteiger partial charge in [-0.05, 0) is 38.8 Å². The Morgan fingerprint density at radius 3 is 2.80 bits per heavy atom. The minimum atomic E-state index is -0.465. The van der Waals surface area contributed by atoms with Gasteiger partial charge in [0.05, 0.1) is 6.04 Å². The van der Waals surface area contributed by atoms with Crippen LogP contribution in [-0.2, 0) is 11.2 Å². The number of amides is 1. The van der Waals surface area contributed by atoms with Crippen LogP contribution < -0.4 is 11.1 Å². The highest BCUT2D eigenvalue weighted by Crippen LogP contribution is 2.15. The van der Waals surface area contributed by atoms with Gasteiger partial charge in [-0.1, -0.05) is 30.3 Å². The van der Waals surface area contributed by atoms with E-state index < -0.39 is 6.04 Å². The number of rotatable bonds is 4. The Morgan fingerprint density at radius 1 is 1.45 bits per heavy atom. The third-order valence-corrected chi connectivity index (χ3v) is 4.19. The molecule has 110 valence electrons. The second-order valence-corrected chi connectivity index (χ2v) is 5.86. The van der Waals surface area contributed by atoms with Gasteiger partial charge >= 0.3 is 0 Å². The summed E-state index contributed by atoms with van der Waals surface area (Å²) in [6.45, 7) is 3.22. The van der Waals surface area contributed by atoms with E-state index in [9.17, 15) is 4.79 Å². The van der Waals surface area contributed by atoms with Crippen molar-refractivity contribution in [3.63, 3.8) is 0 Å². The van der Waals surface area contributed by atoms with Crippen molar-refractivity contribution in [3.05, 3.63) is 35.9 Å². The lowest BCUT2D eigenvalue weighted by Crippen LogP contribution is -2.51. The first-order chi connectivity index (χ1) is 9.56. The van der Waals surface area contributed by atoms with Crippen LogP contribution in [0.2, 0.25) is 0 Å². The highest BCUT2D eigenvalue weighted by molar-refractivity contribution is 5.82. The maximum atomic E-state index is 12.2. The van der Waals surface area contributed by atoms with Crippen molar-refractivity contribution >= 4 is 5.91 Å². The predicted molar refractivity (Wildman–Crippen MR) is 81.4 cm³/mol. The van der Waals surface area contributed by atoms with Crippen LogP contribution in [0.5, 0.6) is 0 Å². The van der Waals surface area contributed by atoms with Gasteiger partial charge in [0.25, 0.3) is 0 Å². The number of hydrogen-bond acceptors (Lipinski definition) is 3. The van der Waals surface area contributed by atoms with E-state index in [1.54, 1.807) is 0 Å². The lowest BCUT2D eigenvalue weighted by molar-refractivity contribution is -0.123. The molecule has 0 radical (unpaired) electrons. The number of nitrogens with one attached hydrogen (secondary N) is 1. The molecule has 0 spiro atoms. The molecule has 1 aromatic rings. The van der Waals surface area contributed by atoms with Gasteiger partial charge in [-0.25, -0.2) is 0 Å². The molecule has 0 aromatic heterocycles. The first-order valence-corrected chi connectivity index (χ1v) is 7.36. The molecule has 3 N–H and O–H groups in total. The Bertz CT molecular complexity index is 435. The normalized spacial score (nSPS) is 25.1. The zero-order chi connectivity index (χ0) is 14.5. The second kappa shape index (κ2) is 6.86. The van der Waals surface area contributed by atoms with Crippen molar-refractivity contribution in [2.75, 3.05) is 13.6 Å². The minimum Gasteiger partial charge on any atom is -0.352 e. The maximum absolute atomic E-state index is 12.2. The van der Waals surface area contributed by atoms with Crippen LogP contribution in [0.25, 0.3) is 0 Å². The van der Waals surface area contributed by atoms with Crippen LogP contribution >= 0.6 is 0 Å². The van der Waals surface area contributed by atoms with Gasteiger partial charge in [-0.3, -0.25) is 4.79 Å². The fourth-order valence-electron chi connectivity index (χ4n) is 2.69. The zero-order valence-electron chi connectivity index (χ0n) is 12.4. The molecule has 3 atom stereocenters. The number of nitrogens with two attached hydrogens (primary N) is 1. The summed E-state index contributed by atoms with van der Waals surface area (Å²) in [6.07, 6.45) is 2.60. The average molecular weight is 275 g/mol. The van der Waals surface area contributed by atoms with Gasteiger partial charge in [0.15, 0.2) is 0 Å². The summed E-state index contributed by atoms with van der Waals surface area (Å²) in [7, 11) is 2.13. The molecular formula is C16H25N3O. The van der Waals surface area contributed by atoms with Crippen molar-refractivity contribution in [3.8, 4) is 0 Å². The molecule has 20 heavy (non-hydrogen) atoms. The average Bonchev–Trinajstić information content (AvgIpc) is 2.44. The van der Waals surface area contributed by atoms with E-state index in [2.05, 4.69) is 24.2 Å². The molecule has 1 aliphatic rings. The number of hydrogen-bond donors (Lipinski definition) is 2. The van der Waals surface area contributed by atoms with E-state index in [1.807, 2.05) is 30.3 Å². The smallest absolute Gasteiger partial charge is 0.237 e. The lowest BCUT2D eigenvalue weighted by Gasteiger charge is -2.35. The highest BCUT2D eigenvalue weighted by Gasteiger charge is 2.25. The van der Waals surface area contributed by atoms with Crippen LogP contribution in [0.15, 0.2) is 30.3 Å². The quantitative estimate of drug-likeness (QED) is 0.867. The molecule has 1 amide bonds. The van der Waals surface area contributed by atoms with Crippen molar-refractivity contribution in [1.29, 1.82) is 0 Å². The zero-order valence-corrected chi connectivity index (χ0v) is 12.4. The van der Waals surface area contributed by atoms with E-state index in [-0.39, 0.29) is 11.9 Å². The number of carbonyl (C=O) groups is 1. The molecule has 1 aromatic carbocycles. The van der Waals surface area contributed by atoms with Crippen molar-refractivity contribution in [2.24, 2.45) is 5.73 Å². The van der Waals surface area contributed by atoms with Gasteiger partial charge in [-0.2, -0.15) is 0 Å². The summed E-state index contributed by atoms with van der Waals surface area (Å²) in [4.78, 5) is 14.5. The standard InChI is InChI=1S/C16H25N3O/c1-12-10-14(8-9-19(12)2)18-16(20)15(17)11-13-6-4-3-5-7-13/h3-7,12,14-15H,8-11,17H2,1-2H3,(H,18,20)/t12?,14?,15-/m1/s1. The number of benzene rings is 1. The number of carbonyl (C=O) groups excluding carboxylic acids is 1. The van der Waals surface area contributed by atoms with E-state index in [1.165, 1.54) is 0 Å². The van der Waals surface area contributed by atoms with E-state index in [4.69, 9.17) is 5.73 Å². The summed E-state index contributed by atoms with van der Waals surface area (Å²) in [5.41, 5.74) is 7.11. The lowest BCUT2D eigenvalue weighted by atomic mass is 9.98. The first kappa shape index (κ1) is 15.0. The second-order valence-electron chi connectivity index (χ2n) is 5.86. The largest absolute Gasteiger partial charge is 0.352 e. The van der Waals surface area contributed by atoms with Crippen LogP contribution in [0.3, 0.4) is 0 Å². The highest BCUT2D eigenvalue weighted by atomic mass is 16.2. The summed E-state index contributed by atoms with van der Waals surface area (Å²) < 4.78 is 0. The molecular weight excluding hydrogens is 250 g/mol. The van der Waals surface area contributed by atoms with Crippen molar-refractivity contribution in [2.45, 2.75) is 44.3 Å². The summed E-state index contributed by atoms with van der Waals surface area (Å²) >= 11 is 0. The van der Waals surface area contributed by atoms with Crippen LogP contribution in [-0.4, -0.2) is 42.5 Å². The molecule has 1 saturated heterocycles. The Balaban J connectivity index is 1.82. The molecule has 0 bridgehead atoms. The van der Waals surface area contributed by atoms with Crippen LogP contribution in [0.1, 0.15) is 25.3 Å². The van der Waals surface area contributed by atoms with Crippen molar-refractivity contribution < 1.29 is 4.79 Å². The topological polar surface area (TPSA) is 58.4 Å². The Hall–Kier alpha value is -1.39. The summed E-state index contributed by atoms with van der Waals surface area (Å²) in [6, 6.07) is 10.2. The number of likely N-dealkylation sites (tertiary alicyclic amines) is 1. The molecule has 1 aliphatic heterocycles. The Kier molecular flexibility index (Phi) is 5.15. The van der Waals surface area contributed by atoms with Crippen LogP contribution in [0.4, 0.5) is 0 Å². The van der Waals surface area contributed by atoms with E-state index in [0.717, 1.165) is 24.9 Å². The van der Waals surface area contributed by atoms with E-state index >= 15 is 0 Å². The molecule has 2 rings (SSSR count). The van der Waals surface area contributed by atoms with E-state index in [0.29, 0.717) is 12.5 Å². The number of piperidine rings is 1. The SMILES string of the molecule is CC1CC(NC(=O)[C@H](N)Cc2ccccc2)CCN1C. The third-order valence-electron chi connectivity index (χ3n) is 4.19. The molecule has 2 unspecified atom stereocenters. The fraction of sp³-hybridized carbons (Fsp3) is 0.562. The van der Waals surface area contributed by atoms with Gasteiger partial charge in [0.1, 0.15) is 0 Å². The molecule has 1 heterocycles. The van der Waals surface area contributed by atoms with Gasteiger partial charge in [0.2, 0.25) is 5.91 Å². The molecule has 0 saturated carbocycles. The van der Waals surface area contributed by atoms with Crippen LogP contribution in [0, 0.1) is 0 Å². The minimum absolute atomic E-state index is 0.0318. The monoisotopic (exact) mass is 275 g/mol. The first-order valence-electron chi connectivity index (χ1n) is 7.36. The Labute approximate surface area is 121 Å². The summed E-state index contributed by atoms with van der Waals surface area (Å²) in [5, 5.41) is 3.10. The molecule has 1 fully saturated rings. The van der Waals surface area contributed by atoms with Gasteiger partial charge < -0.3 is 16.0 Å². The predicted octanol–water partition coefficient (Wildman–Crippen LogP) is 1.16. The molecule has 0 aliphatic carbocycles. The number of nitrogens with zero attached hydrogens (tertiary/aromatic N) is 1. The Morgan fingerprint density at radius 2 is 2.15 bits per heavy atom. The van der Waals surface area contributed by atoms with Crippen molar-refractivity contribution in [1.82, 2.24) is 10.2 Å².